The van der Waals surface area contributed by atoms with E-state index in [-0.39, 0.29) is 0 Å². The van der Waals surface area contributed by atoms with Crippen LogP contribution in [0.4, 0.5) is 0 Å². The van der Waals surface area contributed by atoms with Crippen LogP contribution in [0.1, 0.15) is 48.8 Å². The maximum Gasteiger partial charge on any atom is -0.000642 e. The molecule has 1 aromatic carbocycles. The van der Waals surface area contributed by atoms with E-state index in [2.05, 4.69) is 50.1 Å². The van der Waals surface area contributed by atoms with Crippen LogP contribution in [-0.4, -0.2) is 0 Å². The van der Waals surface area contributed by atoms with E-state index < -0.39 is 0 Å². The Balaban J connectivity index is 2.16. The van der Waals surface area contributed by atoms with Crippen LogP contribution >= 0.6 is 0 Å². The van der Waals surface area contributed by atoms with E-state index >= 15 is 0 Å². The van der Waals surface area contributed by atoms with Crippen molar-refractivity contribution in [3.63, 3.8) is 0 Å². The molecule has 18 heavy (non-hydrogen) atoms. The molecule has 0 aromatic heterocycles. The van der Waals surface area contributed by atoms with Crippen LogP contribution in [0.15, 0.2) is 42.8 Å². The molecule has 0 spiro atoms. The minimum Gasteiger partial charge on any atom is -0.368 e. The normalized spacial score (nSPS) is 19.2. The Labute approximate surface area is 111 Å². The number of rotatable bonds is 4. The van der Waals surface area contributed by atoms with Gasteiger partial charge in [-0.05, 0) is 69.0 Å². The molecule has 0 fully saturated rings. The molecular formula is C17H23N. The van der Waals surface area contributed by atoms with Crippen LogP contribution in [0.5, 0.6) is 0 Å². The lowest BCUT2D eigenvalue weighted by atomic mass is 9.79. The molecule has 1 nitrogen and oxygen atoms in total. The summed E-state index contributed by atoms with van der Waals surface area (Å²) >= 11 is 0. The summed E-state index contributed by atoms with van der Waals surface area (Å²) in [5.74, 6) is 0.691. The maximum absolute atomic E-state index is 3.67. The first-order valence-corrected chi connectivity index (χ1v) is 6.82. The molecule has 2 rings (SSSR count). The molecule has 1 atom stereocenters. The fourth-order valence-electron chi connectivity index (χ4n) is 2.88. The number of fused-ring (bicyclic) bond motifs is 1. The molecule has 0 saturated heterocycles. The quantitative estimate of drug-likeness (QED) is 0.821. The van der Waals surface area contributed by atoms with Gasteiger partial charge < -0.3 is 5.32 Å². The Morgan fingerprint density at radius 1 is 1.50 bits per heavy atom. The Kier molecular flexibility index (Phi) is 4.24. The van der Waals surface area contributed by atoms with Crippen LogP contribution in [0.3, 0.4) is 0 Å². The van der Waals surface area contributed by atoms with Crippen LogP contribution in [0.25, 0.3) is 0 Å². The van der Waals surface area contributed by atoms with Crippen LogP contribution in [-0.2, 0) is 6.42 Å². The van der Waals surface area contributed by atoms with E-state index in [4.69, 9.17) is 0 Å². The zero-order chi connectivity index (χ0) is 13.0. The zero-order valence-corrected chi connectivity index (χ0v) is 11.5. The first-order valence-electron chi connectivity index (χ1n) is 6.82. The lowest BCUT2D eigenvalue weighted by molar-refractivity contribution is 0.547. The molecule has 0 heterocycles. The second-order valence-electron chi connectivity index (χ2n) is 5.36. The zero-order valence-electron chi connectivity index (χ0n) is 11.5. The molecule has 1 aromatic rings. The van der Waals surface area contributed by atoms with Gasteiger partial charge >= 0.3 is 0 Å². The molecule has 0 aliphatic heterocycles. The van der Waals surface area contributed by atoms with Crippen molar-refractivity contribution in [1.82, 2.24) is 5.32 Å². The van der Waals surface area contributed by atoms with Gasteiger partial charge in [-0.2, -0.15) is 0 Å². The molecule has 1 heteroatoms. The van der Waals surface area contributed by atoms with Gasteiger partial charge in [-0.3, -0.25) is 0 Å². The molecule has 0 radical (unpaired) electrons. The van der Waals surface area contributed by atoms with Crippen LogP contribution in [0, 0.1) is 6.92 Å². The summed E-state index contributed by atoms with van der Waals surface area (Å²) in [6.45, 7) is 8.05. The van der Waals surface area contributed by atoms with Crippen LogP contribution < -0.4 is 5.32 Å². The van der Waals surface area contributed by atoms with Crippen molar-refractivity contribution in [2.45, 2.75) is 45.4 Å². The predicted molar refractivity (Wildman–Crippen MR) is 78.6 cm³/mol. The Morgan fingerprint density at radius 2 is 2.33 bits per heavy atom. The summed E-state index contributed by atoms with van der Waals surface area (Å²) in [5.41, 5.74) is 5.91. The van der Waals surface area contributed by atoms with Gasteiger partial charge in [0.2, 0.25) is 0 Å². The number of nitrogens with one attached hydrogen (secondary N) is 1. The minimum absolute atomic E-state index is 0.691. The van der Waals surface area contributed by atoms with Gasteiger partial charge in [0.15, 0.2) is 0 Å². The third-order valence-corrected chi connectivity index (χ3v) is 3.76. The largest absolute Gasteiger partial charge is 0.368 e. The molecule has 1 aliphatic rings. The monoisotopic (exact) mass is 241 g/mol. The number of benzene rings is 1. The summed E-state index contributed by atoms with van der Waals surface area (Å²) < 4.78 is 0. The molecular weight excluding hydrogens is 218 g/mol. The van der Waals surface area contributed by atoms with Crippen molar-refractivity contribution in [1.29, 1.82) is 0 Å². The van der Waals surface area contributed by atoms with Crippen molar-refractivity contribution >= 4 is 0 Å². The van der Waals surface area contributed by atoms with E-state index in [0.717, 1.165) is 6.42 Å². The second kappa shape index (κ2) is 5.90. The molecule has 0 saturated carbocycles. The van der Waals surface area contributed by atoms with Crippen molar-refractivity contribution in [2.75, 3.05) is 0 Å². The van der Waals surface area contributed by atoms with Crippen molar-refractivity contribution in [3.05, 3.63) is 59.4 Å². The van der Waals surface area contributed by atoms with E-state index in [0.29, 0.717) is 5.92 Å². The third kappa shape index (κ3) is 3.04. The van der Waals surface area contributed by atoms with Gasteiger partial charge in [-0.25, -0.2) is 0 Å². The molecule has 0 amide bonds. The lowest BCUT2D eigenvalue weighted by Gasteiger charge is -2.26. The van der Waals surface area contributed by atoms with Crippen LogP contribution in [0.2, 0.25) is 0 Å². The number of allylic oxidation sites excluding steroid dienone is 1. The third-order valence-electron chi connectivity index (χ3n) is 3.76. The molecule has 1 unspecified atom stereocenters. The van der Waals surface area contributed by atoms with E-state index in [9.17, 15) is 0 Å². The highest BCUT2D eigenvalue weighted by atomic mass is 14.8. The lowest BCUT2D eigenvalue weighted by Crippen LogP contribution is -2.11. The first-order chi connectivity index (χ1) is 8.70. The number of hydrogen-bond acceptors (Lipinski definition) is 1. The average Bonchev–Trinajstić information content (AvgIpc) is 2.37. The summed E-state index contributed by atoms with van der Waals surface area (Å²) in [7, 11) is 0. The first kappa shape index (κ1) is 12.9. The SMILES string of the molecule is C=CN/C=C(\C)CC1CCCc2ccc(C)cc21. The summed E-state index contributed by atoms with van der Waals surface area (Å²) in [6.07, 6.45) is 8.83. The van der Waals surface area contributed by atoms with E-state index in [1.165, 1.54) is 30.4 Å². The topological polar surface area (TPSA) is 12.0 Å². The fraction of sp³-hybridized carbons (Fsp3) is 0.412. The molecule has 1 N–H and O–H groups in total. The van der Waals surface area contributed by atoms with E-state index in [1.807, 2.05) is 0 Å². The van der Waals surface area contributed by atoms with Gasteiger partial charge in [0, 0.05) is 0 Å². The standard InChI is InChI=1S/C17H23N/c1-4-18-12-14(3)10-16-7-5-6-15-9-8-13(2)11-17(15)16/h4,8-9,11-12,16,18H,1,5-7,10H2,2-3H3/b14-12+. The van der Waals surface area contributed by atoms with Crippen molar-refractivity contribution < 1.29 is 0 Å². The summed E-state index contributed by atoms with van der Waals surface area (Å²) in [4.78, 5) is 0. The Hall–Kier alpha value is -1.50. The van der Waals surface area contributed by atoms with Gasteiger partial charge in [0.1, 0.15) is 0 Å². The highest BCUT2D eigenvalue weighted by Crippen LogP contribution is 2.36. The van der Waals surface area contributed by atoms with Gasteiger partial charge in [-0.1, -0.05) is 35.9 Å². The highest BCUT2D eigenvalue weighted by molar-refractivity contribution is 5.36. The van der Waals surface area contributed by atoms with Gasteiger partial charge in [0.25, 0.3) is 0 Å². The number of hydrogen-bond donors (Lipinski definition) is 1. The number of aryl methyl sites for hydroxylation is 2. The second-order valence-corrected chi connectivity index (χ2v) is 5.36. The van der Waals surface area contributed by atoms with Crippen molar-refractivity contribution in [2.24, 2.45) is 0 Å². The van der Waals surface area contributed by atoms with Gasteiger partial charge in [0.05, 0.1) is 0 Å². The average molecular weight is 241 g/mol. The molecule has 0 bridgehead atoms. The molecule has 1 aliphatic carbocycles. The predicted octanol–water partition coefficient (Wildman–Crippen LogP) is 4.44. The highest BCUT2D eigenvalue weighted by Gasteiger charge is 2.20. The minimum atomic E-state index is 0.691. The Morgan fingerprint density at radius 3 is 3.11 bits per heavy atom. The fourth-order valence-corrected chi connectivity index (χ4v) is 2.88. The van der Waals surface area contributed by atoms with Crippen molar-refractivity contribution in [3.8, 4) is 0 Å². The van der Waals surface area contributed by atoms with Gasteiger partial charge in [-0.15, -0.1) is 0 Å². The smallest absolute Gasteiger partial charge is 0.000642 e. The maximum atomic E-state index is 3.67. The Bertz CT molecular complexity index is 457. The summed E-state index contributed by atoms with van der Waals surface area (Å²) in [5, 5.41) is 3.07. The van der Waals surface area contributed by atoms with E-state index in [1.54, 1.807) is 17.3 Å². The molecule has 96 valence electrons. The summed E-state index contributed by atoms with van der Waals surface area (Å²) in [6, 6.07) is 6.94.